The molecular formula is C27H25NO3. The third-order valence-corrected chi connectivity index (χ3v) is 5.47. The Morgan fingerprint density at radius 2 is 1.61 bits per heavy atom. The average Bonchev–Trinajstić information content (AvgIpc) is 2.79. The molecule has 0 saturated carbocycles. The average molecular weight is 412 g/mol. The highest BCUT2D eigenvalue weighted by molar-refractivity contribution is 5.88. The summed E-state index contributed by atoms with van der Waals surface area (Å²) < 4.78 is 6.25. The molecule has 156 valence electrons. The van der Waals surface area contributed by atoms with Gasteiger partial charge in [0.2, 0.25) is 0 Å². The van der Waals surface area contributed by atoms with Crippen LogP contribution in [0.25, 0.3) is 10.8 Å². The second-order valence-corrected chi connectivity index (χ2v) is 7.58. The van der Waals surface area contributed by atoms with E-state index in [-0.39, 0.29) is 0 Å². The van der Waals surface area contributed by atoms with Crippen molar-refractivity contribution in [3.05, 3.63) is 113 Å². The smallest absolute Gasteiger partial charge is 0.335 e. The highest BCUT2D eigenvalue weighted by Gasteiger charge is 2.10. The number of carboxylic acids is 1. The van der Waals surface area contributed by atoms with Gasteiger partial charge < -0.3 is 15.2 Å². The molecule has 4 rings (SSSR count). The van der Waals surface area contributed by atoms with E-state index in [1.165, 1.54) is 21.9 Å². The molecule has 0 aliphatic carbocycles. The van der Waals surface area contributed by atoms with E-state index in [0.717, 1.165) is 16.9 Å². The van der Waals surface area contributed by atoms with Crippen molar-refractivity contribution in [3.63, 3.8) is 0 Å². The van der Waals surface area contributed by atoms with Crippen molar-refractivity contribution in [1.82, 2.24) is 5.32 Å². The largest absolute Gasteiger partial charge is 0.489 e. The Labute approximate surface area is 182 Å². The molecule has 0 spiro atoms. The minimum Gasteiger partial charge on any atom is -0.489 e. The molecule has 0 aliphatic heterocycles. The van der Waals surface area contributed by atoms with Crippen molar-refractivity contribution in [2.45, 2.75) is 26.6 Å². The van der Waals surface area contributed by atoms with Gasteiger partial charge >= 0.3 is 5.97 Å². The Morgan fingerprint density at radius 3 is 2.39 bits per heavy atom. The van der Waals surface area contributed by atoms with Crippen molar-refractivity contribution in [2.75, 3.05) is 0 Å². The van der Waals surface area contributed by atoms with Crippen LogP contribution in [0.4, 0.5) is 0 Å². The predicted octanol–water partition coefficient (Wildman–Crippen LogP) is 5.72. The van der Waals surface area contributed by atoms with Crippen LogP contribution in [0, 0.1) is 6.92 Å². The molecule has 0 aliphatic rings. The van der Waals surface area contributed by atoms with Crippen LogP contribution < -0.4 is 10.1 Å². The summed E-state index contributed by atoms with van der Waals surface area (Å²) >= 11 is 0. The van der Waals surface area contributed by atoms with Crippen LogP contribution in [-0.4, -0.2) is 11.1 Å². The maximum Gasteiger partial charge on any atom is 0.335 e. The van der Waals surface area contributed by atoms with Gasteiger partial charge in [0.15, 0.2) is 0 Å². The van der Waals surface area contributed by atoms with E-state index in [1.807, 2.05) is 42.5 Å². The van der Waals surface area contributed by atoms with E-state index in [0.29, 0.717) is 25.3 Å². The first-order valence-electron chi connectivity index (χ1n) is 10.3. The van der Waals surface area contributed by atoms with E-state index in [2.05, 4.69) is 42.6 Å². The molecule has 0 heterocycles. The molecule has 0 bridgehead atoms. The zero-order valence-electron chi connectivity index (χ0n) is 17.5. The van der Waals surface area contributed by atoms with Crippen LogP contribution in [0.5, 0.6) is 5.75 Å². The first-order chi connectivity index (χ1) is 15.1. The number of aromatic carboxylic acids is 1. The molecule has 4 nitrogen and oxygen atoms in total. The van der Waals surface area contributed by atoms with Crippen LogP contribution in [0.3, 0.4) is 0 Å². The molecule has 4 aromatic carbocycles. The summed E-state index contributed by atoms with van der Waals surface area (Å²) in [7, 11) is 0. The fourth-order valence-corrected chi connectivity index (χ4v) is 3.66. The molecule has 2 N–H and O–H groups in total. The molecule has 0 aromatic heterocycles. The van der Waals surface area contributed by atoms with Gasteiger partial charge in [-0.3, -0.25) is 0 Å². The number of hydrogen-bond donors (Lipinski definition) is 2. The van der Waals surface area contributed by atoms with Crippen LogP contribution in [-0.2, 0) is 19.7 Å². The van der Waals surface area contributed by atoms with Crippen LogP contribution in [0.15, 0.2) is 84.9 Å². The van der Waals surface area contributed by atoms with E-state index in [9.17, 15) is 4.79 Å². The van der Waals surface area contributed by atoms with E-state index in [1.54, 1.807) is 12.1 Å². The number of benzene rings is 4. The lowest BCUT2D eigenvalue weighted by molar-refractivity contribution is 0.0697. The number of rotatable bonds is 8. The van der Waals surface area contributed by atoms with Crippen molar-refractivity contribution in [1.29, 1.82) is 0 Å². The Hall–Kier alpha value is -3.63. The normalized spacial score (nSPS) is 10.9. The summed E-state index contributed by atoms with van der Waals surface area (Å²) in [5.74, 6) is -0.0404. The third-order valence-electron chi connectivity index (χ3n) is 5.47. The monoisotopic (exact) mass is 411 g/mol. The lowest BCUT2D eigenvalue weighted by atomic mass is 10.0. The molecule has 0 radical (unpaired) electrons. The molecule has 4 heteroatoms. The molecule has 0 fully saturated rings. The number of aryl methyl sites for hydroxylation is 1. The SMILES string of the molecule is Cc1ccccc1COc1ccc2ccccc2c1CNCc1ccc(C(=O)O)cc1. The molecule has 0 amide bonds. The second-order valence-electron chi connectivity index (χ2n) is 7.58. The third kappa shape index (κ3) is 4.93. The van der Waals surface area contributed by atoms with Crippen molar-refractivity contribution in [2.24, 2.45) is 0 Å². The van der Waals surface area contributed by atoms with Crippen molar-refractivity contribution < 1.29 is 14.6 Å². The summed E-state index contributed by atoms with van der Waals surface area (Å²) in [4.78, 5) is 11.0. The minimum absolute atomic E-state index is 0.296. The summed E-state index contributed by atoms with van der Waals surface area (Å²) in [5.41, 5.74) is 4.84. The van der Waals surface area contributed by atoms with Gasteiger partial charge in [0.25, 0.3) is 0 Å². The number of fused-ring (bicyclic) bond motifs is 1. The minimum atomic E-state index is -0.911. The quantitative estimate of drug-likeness (QED) is 0.390. The second kappa shape index (κ2) is 9.45. The van der Waals surface area contributed by atoms with Crippen LogP contribution in [0.2, 0.25) is 0 Å². The number of carbonyl (C=O) groups is 1. The molecular weight excluding hydrogens is 386 g/mol. The number of nitrogens with one attached hydrogen (secondary N) is 1. The highest BCUT2D eigenvalue weighted by atomic mass is 16.5. The summed E-state index contributed by atoms with van der Waals surface area (Å²) in [6, 6.07) is 27.6. The van der Waals surface area contributed by atoms with Gasteiger partial charge in [0, 0.05) is 18.7 Å². The molecule has 0 atom stereocenters. The van der Waals surface area contributed by atoms with Gasteiger partial charge in [-0.1, -0.05) is 66.7 Å². The van der Waals surface area contributed by atoms with Crippen LogP contribution in [0.1, 0.15) is 32.6 Å². The zero-order valence-corrected chi connectivity index (χ0v) is 17.5. The lowest BCUT2D eigenvalue weighted by Crippen LogP contribution is -2.14. The molecule has 0 unspecified atom stereocenters. The number of ether oxygens (including phenoxy) is 1. The van der Waals surface area contributed by atoms with Crippen molar-refractivity contribution in [3.8, 4) is 5.75 Å². The standard InChI is InChI=1S/C27H25NO3/c1-19-6-2-3-8-23(19)18-31-26-15-14-21-7-4-5-9-24(21)25(26)17-28-16-20-10-12-22(13-11-20)27(29)30/h2-15,28H,16-18H2,1H3,(H,29,30). The maximum absolute atomic E-state index is 11.0. The van der Waals surface area contributed by atoms with Gasteiger partial charge in [0.1, 0.15) is 12.4 Å². The highest BCUT2D eigenvalue weighted by Crippen LogP contribution is 2.29. The number of carboxylic acid groups (broad SMARTS) is 1. The molecule has 4 aromatic rings. The summed E-state index contributed by atoms with van der Waals surface area (Å²) in [5, 5.41) is 14.9. The molecule has 31 heavy (non-hydrogen) atoms. The Kier molecular flexibility index (Phi) is 6.29. The fourth-order valence-electron chi connectivity index (χ4n) is 3.66. The van der Waals surface area contributed by atoms with E-state index >= 15 is 0 Å². The number of hydrogen-bond acceptors (Lipinski definition) is 3. The van der Waals surface area contributed by atoms with E-state index in [4.69, 9.17) is 9.84 Å². The first-order valence-corrected chi connectivity index (χ1v) is 10.3. The zero-order chi connectivity index (χ0) is 21.6. The topological polar surface area (TPSA) is 58.6 Å². The maximum atomic E-state index is 11.0. The van der Waals surface area contributed by atoms with E-state index < -0.39 is 5.97 Å². The van der Waals surface area contributed by atoms with Gasteiger partial charge in [-0.25, -0.2) is 4.79 Å². The van der Waals surface area contributed by atoms with Gasteiger partial charge in [-0.15, -0.1) is 0 Å². The summed E-state index contributed by atoms with van der Waals surface area (Å²) in [6.45, 7) is 3.90. The summed E-state index contributed by atoms with van der Waals surface area (Å²) in [6.07, 6.45) is 0. The lowest BCUT2D eigenvalue weighted by Gasteiger charge is -2.16. The predicted molar refractivity (Wildman–Crippen MR) is 123 cm³/mol. The van der Waals surface area contributed by atoms with Crippen molar-refractivity contribution >= 4 is 16.7 Å². The van der Waals surface area contributed by atoms with Gasteiger partial charge in [-0.05, 0) is 52.6 Å². The van der Waals surface area contributed by atoms with Crippen LogP contribution >= 0.6 is 0 Å². The Bertz CT molecular complexity index is 1200. The Morgan fingerprint density at radius 1 is 0.871 bits per heavy atom. The van der Waals surface area contributed by atoms with Gasteiger partial charge in [0.05, 0.1) is 5.56 Å². The fraction of sp³-hybridized carbons (Fsp3) is 0.148. The Balaban J connectivity index is 1.52. The van der Waals surface area contributed by atoms with Gasteiger partial charge in [-0.2, -0.15) is 0 Å². The molecule has 0 saturated heterocycles. The first kappa shape index (κ1) is 20.6.